The number of hydrogen-bond acceptors (Lipinski definition) is 8. The third-order valence-electron chi connectivity index (χ3n) is 4.86. The molecule has 0 saturated heterocycles. The number of fused-ring (bicyclic) bond motifs is 1. The van der Waals surface area contributed by atoms with Crippen LogP contribution in [0.4, 0.5) is 5.69 Å². The van der Waals surface area contributed by atoms with E-state index in [2.05, 4.69) is 4.98 Å². The monoisotopic (exact) mass is 449 g/mol. The number of carbonyl (C=O) groups is 1. The molecule has 4 rings (SSSR count). The molecule has 0 fully saturated rings. The standard InChI is InChI=1S/C23H19N3O7/c1-2-31-20-10-9-15(12-19(20)26(29)30)23(28)33-14-21-24-18-8-4-3-7-17(18)22(27)25(21)13-16-6-5-11-32-16/h3-12H,2,13-14H2,1H3. The van der Waals surface area contributed by atoms with Crippen molar-refractivity contribution in [1.82, 2.24) is 9.55 Å². The molecular formula is C23H19N3O7. The number of nitro benzene ring substituents is 1. The van der Waals surface area contributed by atoms with E-state index < -0.39 is 10.9 Å². The summed E-state index contributed by atoms with van der Waals surface area (Å²) < 4.78 is 17.3. The van der Waals surface area contributed by atoms with Gasteiger partial charge in [-0.2, -0.15) is 0 Å². The zero-order chi connectivity index (χ0) is 23.4. The van der Waals surface area contributed by atoms with Gasteiger partial charge in [0.25, 0.3) is 5.56 Å². The minimum absolute atomic E-state index is 0.0223. The van der Waals surface area contributed by atoms with Crippen LogP contribution >= 0.6 is 0 Å². The van der Waals surface area contributed by atoms with Crippen molar-refractivity contribution in [3.8, 4) is 5.75 Å². The first-order valence-corrected chi connectivity index (χ1v) is 10.1. The number of nitro groups is 1. The lowest BCUT2D eigenvalue weighted by atomic mass is 10.2. The molecule has 4 aromatic rings. The first kappa shape index (κ1) is 21.8. The maximum absolute atomic E-state index is 13.1. The predicted octanol–water partition coefficient (Wildman–Crippen LogP) is 3.70. The fraction of sp³-hybridized carbons (Fsp3) is 0.174. The van der Waals surface area contributed by atoms with Crippen molar-refractivity contribution in [3.05, 3.63) is 98.5 Å². The molecule has 0 N–H and O–H groups in total. The maximum Gasteiger partial charge on any atom is 0.338 e. The number of carbonyl (C=O) groups excluding carboxylic acids is 1. The van der Waals surface area contributed by atoms with E-state index >= 15 is 0 Å². The molecule has 0 spiro atoms. The molecule has 10 nitrogen and oxygen atoms in total. The maximum atomic E-state index is 13.1. The Morgan fingerprint density at radius 2 is 2.00 bits per heavy atom. The lowest BCUT2D eigenvalue weighted by Gasteiger charge is -2.13. The molecule has 0 aliphatic heterocycles. The highest BCUT2D eigenvalue weighted by Crippen LogP contribution is 2.28. The van der Waals surface area contributed by atoms with Crippen molar-refractivity contribution < 1.29 is 23.6 Å². The summed E-state index contributed by atoms with van der Waals surface area (Å²) in [6, 6.07) is 14.1. The van der Waals surface area contributed by atoms with E-state index in [1.807, 2.05) is 0 Å². The van der Waals surface area contributed by atoms with E-state index in [-0.39, 0.29) is 48.1 Å². The number of aromatic nitrogens is 2. The minimum atomic E-state index is -0.798. The van der Waals surface area contributed by atoms with Crippen LogP contribution in [0.15, 0.2) is 70.1 Å². The van der Waals surface area contributed by atoms with E-state index in [1.165, 1.54) is 23.0 Å². The van der Waals surface area contributed by atoms with Crippen LogP contribution in [0, 0.1) is 10.1 Å². The van der Waals surface area contributed by atoms with E-state index in [1.54, 1.807) is 43.3 Å². The Kier molecular flexibility index (Phi) is 6.16. The van der Waals surface area contributed by atoms with Gasteiger partial charge in [-0.3, -0.25) is 19.5 Å². The van der Waals surface area contributed by atoms with E-state index in [0.717, 1.165) is 6.07 Å². The summed E-state index contributed by atoms with van der Waals surface area (Å²) >= 11 is 0. The number of esters is 1. The van der Waals surface area contributed by atoms with Gasteiger partial charge in [-0.05, 0) is 43.3 Å². The number of benzene rings is 2. The van der Waals surface area contributed by atoms with Gasteiger partial charge in [-0.1, -0.05) is 12.1 Å². The molecule has 2 heterocycles. The van der Waals surface area contributed by atoms with Crippen molar-refractivity contribution in [2.75, 3.05) is 6.61 Å². The van der Waals surface area contributed by atoms with E-state index in [0.29, 0.717) is 16.7 Å². The van der Waals surface area contributed by atoms with Gasteiger partial charge >= 0.3 is 11.7 Å². The SMILES string of the molecule is CCOc1ccc(C(=O)OCc2nc3ccccc3c(=O)n2Cc2ccco2)cc1[N+](=O)[O-]. The van der Waals surface area contributed by atoms with Gasteiger partial charge in [-0.15, -0.1) is 0 Å². The Morgan fingerprint density at radius 3 is 2.73 bits per heavy atom. The van der Waals surface area contributed by atoms with Crippen LogP contribution in [-0.2, 0) is 17.9 Å². The first-order valence-electron chi connectivity index (χ1n) is 10.1. The number of hydrogen-bond donors (Lipinski definition) is 0. The van der Waals surface area contributed by atoms with Gasteiger partial charge in [0, 0.05) is 6.07 Å². The Labute approximate surface area is 187 Å². The van der Waals surface area contributed by atoms with Crippen molar-refractivity contribution in [2.45, 2.75) is 20.1 Å². The van der Waals surface area contributed by atoms with Gasteiger partial charge in [0.2, 0.25) is 0 Å². The van der Waals surface area contributed by atoms with Gasteiger partial charge in [0.05, 0.1) is 40.8 Å². The highest BCUT2D eigenvalue weighted by Gasteiger charge is 2.20. The predicted molar refractivity (Wildman–Crippen MR) is 117 cm³/mol. The lowest BCUT2D eigenvalue weighted by Crippen LogP contribution is -2.26. The minimum Gasteiger partial charge on any atom is -0.487 e. The topological polar surface area (TPSA) is 127 Å². The van der Waals surface area contributed by atoms with E-state index in [9.17, 15) is 19.7 Å². The molecule has 2 aromatic heterocycles. The molecule has 0 radical (unpaired) electrons. The summed E-state index contributed by atoms with van der Waals surface area (Å²) in [5, 5.41) is 11.7. The highest BCUT2D eigenvalue weighted by molar-refractivity contribution is 5.90. The van der Waals surface area contributed by atoms with Crippen LogP contribution in [0.5, 0.6) is 5.75 Å². The van der Waals surface area contributed by atoms with Crippen molar-refractivity contribution in [2.24, 2.45) is 0 Å². The van der Waals surface area contributed by atoms with Crippen LogP contribution in [0.25, 0.3) is 10.9 Å². The second kappa shape index (κ2) is 9.35. The zero-order valence-electron chi connectivity index (χ0n) is 17.6. The molecular weight excluding hydrogens is 430 g/mol. The average molecular weight is 449 g/mol. The molecule has 0 bridgehead atoms. The van der Waals surface area contributed by atoms with Crippen LogP contribution in [0.1, 0.15) is 28.9 Å². The molecule has 10 heteroatoms. The molecule has 33 heavy (non-hydrogen) atoms. The number of para-hydroxylation sites is 1. The van der Waals surface area contributed by atoms with E-state index in [4.69, 9.17) is 13.9 Å². The van der Waals surface area contributed by atoms with Crippen LogP contribution in [0.2, 0.25) is 0 Å². The molecule has 0 amide bonds. The Bertz CT molecular complexity index is 1380. The summed E-state index contributed by atoms with van der Waals surface area (Å²) in [4.78, 5) is 40.9. The quantitative estimate of drug-likeness (QED) is 0.226. The summed E-state index contributed by atoms with van der Waals surface area (Å²) in [6.45, 7) is 1.72. The number of ether oxygens (including phenoxy) is 2. The molecule has 0 aliphatic carbocycles. The molecule has 0 unspecified atom stereocenters. The second-order valence-corrected chi connectivity index (χ2v) is 6.96. The molecule has 168 valence electrons. The van der Waals surface area contributed by atoms with Crippen molar-refractivity contribution in [1.29, 1.82) is 0 Å². The molecule has 0 aliphatic rings. The van der Waals surface area contributed by atoms with Crippen molar-refractivity contribution in [3.63, 3.8) is 0 Å². The fourth-order valence-corrected chi connectivity index (χ4v) is 3.32. The zero-order valence-corrected chi connectivity index (χ0v) is 17.6. The molecule has 0 atom stereocenters. The largest absolute Gasteiger partial charge is 0.487 e. The third-order valence-corrected chi connectivity index (χ3v) is 4.86. The third kappa shape index (κ3) is 4.59. The number of rotatable bonds is 8. The summed E-state index contributed by atoms with van der Waals surface area (Å²) in [5.74, 6) is 0.00317. The van der Waals surface area contributed by atoms with Crippen LogP contribution in [-0.4, -0.2) is 27.1 Å². The fourth-order valence-electron chi connectivity index (χ4n) is 3.32. The summed E-state index contributed by atoms with van der Waals surface area (Å²) in [7, 11) is 0. The van der Waals surface area contributed by atoms with Crippen LogP contribution in [0.3, 0.4) is 0 Å². The summed E-state index contributed by atoms with van der Waals surface area (Å²) in [5.41, 5.74) is -0.212. The van der Waals surface area contributed by atoms with Gasteiger partial charge in [-0.25, -0.2) is 9.78 Å². The highest BCUT2D eigenvalue weighted by atomic mass is 16.6. The van der Waals surface area contributed by atoms with Crippen molar-refractivity contribution >= 4 is 22.6 Å². The number of furan rings is 1. The average Bonchev–Trinajstić information content (AvgIpc) is 3.33. The molecule has 0 saturated carbocycles. The summed E-state index contributed by atoms with van der Waals surface area (Å²) in [6.07, 6.45) is 1.49. The molecule has 2 aromatic carbocycles. The smallest absolute Gasteiger partial charge is 0.338 e. The Balaban J connectivity index is 1.64. The van der Waals surface area contributed by atoms with Gasteiger partial charge in [0.15, 0.2) is 11.6 Å². The Morgan fingerprint density at radius 1 is 1.18 bits per heavy atom. The van der Waals surface area contributed by atoms with Gasteiger partial charge in [0.1, 0.15) is 12.4 Å². The lowest BCUT2D eigenvalue weighted by molar-refractivity contribution is -0.385. The normalized spacial score (nSPS) is 10.8. The Hall–Kier alpha value is -4.47. The first-order chi connectivity index (χ1) is 16.0. The van der Waals surface area contributed by atoms with Gasteiger partial charge < -0.3 is 13.9 Å². The second-order valence-electron chi connectivity index (χ2n) is 6.96. The van der Waals surface area contributed by atoms with Crippen LogP contribution < -0.4 is 10.3 Å². The number of nitrogens with zero attached hydrogens (tertiary/aromatic N) is 3.